The van der Waals surface area contributed by atoms with E-state index in [2.05, 4.69) is 15.5 Å². The molecule has 0 atom stereocenters. The number of nitrogens with zero attached hydrogens (tertiary/aromatic N) is 4. The normalized spacial score (nSPS) is 11.1. The van der Waals surface area contributed by atoms with Crippen LogP contribution in [0.2, 0.25) is 0 Å². The Hall–Kier alpha value is -3.46. The zero-order valence-corrected chi connectivity index (χ0v) is 16.6. The van der Waals surface area contributed by atoms with Crippen LogP contribution in [0.4, 0.5) is 11.4 Å². The van der Waals surface area contributed by atoms with Crippen molar-refractivity contribution in [3.8, 4) is 0 Å². The molecule has 2 aromatic heterocycles. The summed E-state index contributed by atoms with van der Waals surface area (Å²) in [6.45, 7) is 3.75. The molecule has 0 fully saturated rings. The van der Waals surface area contributed by atoms with Crippen LogP contribution < -0.4 is 5.32 Å². The topological polar surface area (TPSA) is 102 Å². The summed E-state index contributed by atoms with van der Waals surface area (Å²) < 4.78 is 1.94. The van der Waals surface area contributed by atoms with Crippen LogP contribution >= 0.6 is 11.8 Å². The van der Waals surface area contributed by atoms with E-state index in [-0.39, 0.29) is 17.3 Å². The van der Waals surface area contributed by atoms with Crippen LogP contribution in [0.25, 0.3) is 16.6 Å². The molecule has 0 spiro atoms. The van der Waals surface area contributed by atoms with Gasteiger partial charge in [-0.25, -0.2) is 0 Å². The maximum absolute atomic E-state index is 12.4. The number of aryl methyl sites for hydroxylation is 2. The Balaban J connectivity index is 1.54. The monoisotopic (exact) mass is 407 g/mol. The van der Waals surface area contributed by atoms with Gasteiger partial charge in [0.15, 0.2) is 10.8 Å². The Morgan fingerprint density at radius 1 is 1.14 bits per heavy atom. The fourth-order valence-corrected chi connectivity index (χ4v) is 3.94. The number of non-ortho nitro benzene ring substituents is 1. The van der Waals surface area contributed by atoms with E-state index in [1.807, 2.05) is 41.7 Å². The van der Waals surface area contributed by atoms with Crippen molar-refractivity contribution in [2.24, 2.45) is 0 Å². The maximum atomic E-state index is 12.4. The number of anilines is 1. The average Bonchev–Trinajstić information content (AvgIpc) is 3.11. The third-order valence-electron chi connectivity index (χ3n) is 4.60. The van der Waals surface area contributed by atoms with Crippen LogP contribution in [0.3, 0.4) is 0 Å². The molecule has 2 aromatic carbocycles. The standard InChI is InChI=1S/C20H17N5O3S/c1-12-10-18-22-23-20(24(18)17-6-4-3-5-15(12)17)29-11-19(26)21-16-8-7-14(25(27)28)9-13(16)2/h3-10H,11H2,1-2H3,(H,21,26). The minimum absolute atomic E-state index is 0.00743. The van der Waals surface area contributed by atoms with Crippen molar-refractivity contribution >= 4 is 45.6 Å². The van der Waals surface area contributed by atoms with Crippen molar-refractivity contribution < 1.29 is 9.72 Å². The number of hydrogen-bond donors (Lipinski definition) is 1. The molecule has 0 saturated carbocycles. The lowest BCUT2D eigenvalue weighted by Gasteiger charge is -2.09. The molecule has 0 aliphatic rings. The van der Waals surface area contributed by atoms with Crippen molar-refractivity contribution in [2.45, 2.75) is 19.0 Å². The smallest absolute Gasteiger partial charge is 0.269 e. The molecule has 9 heteroatoms. The Labute approximate surface area is 170 Å². The van der Waals surface area contributed by atoms with Gasteiger partial charge >= 0.3 is 0 Å². The highest BCUT2D eigenvalue weighted by molar-refractivity contribution is 7.99. The van der Waals surface area contributed by atoms with Crippen molar-refractivity contribution in [2.75, 3.05) is 11.1 Å². The highest BCUT2D eigenvalue weighted by Gasteiger charge is 2.14. The highest BCUT2D eigenvalue weighted by atomic mass is 32.2. The van der Waals surface area contributed by atoms with E-state index in [0.29, 0.717) is 16.4 Å². The molecule has 0 saturated heterocycles. The van der Waals surface area contributed by atoms with Crippen molar-refractivity contribution in [1.82, 2.24) is 14.6 Å². The van der Waals surface area contributed by atoms with Crippen LogP contribution in [0.15, 0.2) is 53.7 Å². The second kappa shape index (κ2) is 7.51. The lowest BCUT2D eigenvalue weighted by molar-refractivity contribution is -0.384. The van der Waals surface area contributed by atoms with Gasteiger partial charge in [-0.2, -0.15) is 0 Å². The fourth-order valence-electron chi connectivity index (χ4n) is 3.19. The molecule has 0 bridgehead atoms. The molecule has 0 aliphatic carbocycles. The molecule has 4 aromatic rings. The van der Waals surface area contributed by atoms with Crippen LogP contribution in [0, 0.1) is 24.0 Å². The molecular formula is C20H17N5O3S. The highest BCUT2D eigenvalue weighted by Crippen LogP contribution is 2.26. The minimum Gasteiger partial charge on any atom is -0.325 e. The van der Waals surface area contributed by atoms with E-state index in [1.54, 1.807) is 13.0 Å². The molecule has 4 rings (SSSR count). The van der Waals surface area contributed by atoms with Crippen LogP contribution in [0.1, 0.15) is 11.1 Å². The van der Waals surface area contributed by atoms with Crippen LogP contribution in [-0.4, -0.2) is 31.2 Å². The van der Waals surface area contributed by atoms with Gasteiger partial charge < -0.3 is 5.32 Å². The first-order valence-electron chi connectivity index (χ1n) is 8.85. The van der Waals surface area contributed by atoms with Crippen LogP contribution in [0.5, 0.6) is 0 Å². The largest absolute Gasteiger partial charge is 0.325 e. The van der Waals surface area contributed by atoms with E-state index in [0.717, 1.165) is 22.1 Å². The number of carbonyl (C=O) groups is 1. The van der Waals surface area contributed by atoms with Crippen molar-refractivity contribution in [1.29, 1.82) is 0 Å². The fraction of sp³-hybridized carbons (Fsp3) is 0.150. The van der Waals surface area contributed by atoms with E-state index >= 15 is 0 Å². The first kappa shape index (κ1) is 18.9. The molecular weight excluding hydrogens is 390 g/mol. The summed E-state index contributed by atoms with van der Waals surface area (Å²) in [6, 6.07) is 14.3. The summed E-state index contributed by atoms with van der Waals surface area (Å²) in [4.78, 5) is 22.8. The average molecular weight is 407 g/mol. The summed E-state index contributed by atoms with van der Waals surface area (Å²) in [5.41, 5.74) is 4.01. The number of benzene rings is 2. The molecule has 1 amide bonds. The van der Waals surface area contributed by atoms with Crippen LogP contribution in [-0.2, 0) is 4.79 Å². The van der Waals surface area contributed by atoms with Gasteiger partial charge in [-0.3, -0.25) is 19.3 Å². The number of nitro groups is 1. The first-order chi connectivity index (χ1) is 13.9. The summed E-state index contributed by atoms with van der Waals surface area (Å²) in [6.07, 6.45) is 0. The minimum atomic E-state index is -0.461. The Morgan fingerprint density at radius 2 is 1.93 bits per heavy atom. The Bertz CT molecular complexity index is 1270. The summed E-state index contributed by atoms with van der Waals surface area (Å²) >= 11 is 1.29. The third-order valence-corrected chi connectivity index (χ3v) is 5.53. The van der Waals surface area contributed by atoms with Gasteiger partial charge in [0.05, 0.1) is 16.2 Å². The molecule has 0 radical (unpaired) electrons. The molecule has 29 heavy (non-hydrogen) atoms. The maximum Gasteiger partial charge on any atom is 0.269 e. The van der Waals surface area contributed by atoms with E-state index in [9.17, 15) is 14.9 Å². The predicted molar refractivity (Wildman–Crippen MR) is 112 cm³/mol. The zero-order chi connectivity index (χ0) is 20.5. The number of thioether (sulfide) groups is 1. The van der Waals surface area contributed by atoms with Gasteiger partial charge in [0, 0.05) is 23.2 Å². The van der Waals surface area contributed by atoms with Crippen molar-refractivity contribution in [3.05, 3.63) is 69.8 Å². The molecule has 0 unspecified atom stereocenters. The first-order valence-corrected chi connectivity index (χ1v) is 9.84. The van der Waals surface area contributed by atoms with Gasteiger partial charge in [0.1, 0.15) is 0 Å². The lowest BCUT2D eigenvalue weighted by Crippen LogP contribution is -2.15. The molecule has 146 valence electrons. The van der Waals surface area contributed by atoms with E-state index < -0.39 is 4.92 Å². The predicted octanol–water partition coefficient (Wildman–Crippen LogP) is 4.14. The summed E-state index contributed by atoms with van der Waals surface area (Å²) in [7, 11) is 0. The molecule has 0 aliphatic heterocycles. The van der Waals surface area contributed by atoms with Gasteiger partial charge in [0.25, 0.3) is 5.69 Å². The number of rotatable bonds is 5. The number of fused-ring (bicyclic) bond motifs is 3. The van der Waals surface area contributed by atoms with E-state index in [4.69, 9.17) is 0 Å². The number of amides is 1. The summed E-state index contributed by atoms with van der Waals surface area (Å²) in [5, 5.41) is 23.8. The van der Waals surface area contributed by atoms with Crippen molar-refractivity contribution in [3.63, 3.8) is 0 Å². The molecule has 8 nitrogen and oxygen atoms in total. The number of para-hydroxylation sites is 1. The number of hydrogen-bond acceptors (Lipinski definition) is 6. The summed E-state index contributed by atoms with van der Waals surface area (Å²) in [5.74, 6) is -0.0838. The Kier molecular flexibility index (Phi) is 4.89. The quantitative estimate of drug-likeness (QED) is 0.303. The van der Waals surface area contributed by atoms with Gasteiger partial charge in [0.2, 0.25) is 5.91 Å². The van der Waals surface area contributed by atoms with Gasteiger partial charge in [-0.1, -0.05) is 30.0 Å². The number of pyridine rings is 1. The Morgan fingerprint density at radius 3 is 2.69 bits per heavy atom. The second-order valence-corrected chi connectivity index (χ2v) is 7.56. The SMILES string of the molecule is Cc1cc([N+](=O)[O-])ccc1NC(=O)CSc1nnc2cc(C)c3ccccc3n12. The number of aromatic nitrogens is 3. The third kappa shape index (κ3) is 3.64. The lowest BCUT2D eigenvalue weighted by atomic mass is 10.1. The zero-order valence-electron chi connectivity index (χ0n) is 15.7. The number of carbonyl (C=O) groups excluding carboxylic acids is 1. The van der Waals surface area contributed by atoms with E-state index in [1.165, 1.54) is 23.9 Å². The number of nitrogens with one attached hydrogen (secondary N) is 1. The van der Waals surface area contributed by atoms with Gasteiger partial charge in [-0.15, -0.1) is 10.2 Å². The number of nitro benzene ring substituents is 1. The molecule has 1 N–H and O–H groups in total. The second-order valence-electron chi connectivity index (χ2n) is 6.61. The molecule has 2 heterocycles. The van der Waals surface area contributed by atoms with Gasteiger partial charge in [-0.05, 0) is 43.2 Å².